The fourth-order valence-corrected chi connectivity index (χ4v) is 6.95. The smallest absolute Gasteiger partial charge is 0.209 e. The minimum atomic E-state index is -0.0552. The molecule has 7 aromatic rings. The third-order valence-electron chi connectivity index (χ3n) is 7.84. The summed E-state index contributed by atoms with van der Waals surface area (Å²) in [5.41, 5.74) is 3.58. The van der Waals surface area contributed by atoms with Gasteiger partial charge in [-0.15, -0.1) is 11.3 Å². The highest BCUT2D eigenvalue weighted by Crippen LogP contribution is 2.35. The van der Waals surface area contributed by atoms with Gasteiger partial charge in [-0.1, -0.05) is 103 Å². The molecule has 2 heterocycles. The molecular formula is C35H26N3S+. The lowest BCUT2D eigenvalue weighted by Crippen LogP contribution is -2.90. The standard InChI is InChI=1S/C35H25N3S/c1-3-9-24-19-26(15-13-22(24)7-1)33-36-34(27-16-14-23-8-2-4-10-25(23)20-27)38-35(37-33)28-17-18-30-29-11-5-6-12-31(29)39-32(30)21-28/h1-21,33,35,37H,(H,36,38)/p+1. The van der Waals surface area contributed by atoms with E-state index in [1.165, 1.54) is 52.8 Å². The van der Waals surface area contributed by atoms with Crippen LogP contribution in [-0.4, -0.2) is 5.84 Å². The average molecular weight is 521 g/mol. The number of nitrogens with two attached hydrogens (primary N) is 1. The van der Waals surface area contributed by atoms with Gasteiger partial charge in [-0.3, -0.25) is 5.32 Å². The molecule has 8 rings (SSSR count). The molecule has 2 atom stereocenters. The van der Waals surface area contributed by atoms with Gasteiger partial charge in [-0.2, -0.15) is 0 Å². The van der Waals surface area contributed by atoms with Crippen LogP contribution in [0.2, 0.25) is 0 Å². The Bertz CT molecular complexity index is 2050. The number of hydrogen-bond donors (Lipinski definition) is 2. The summed E-state index contributed by atoms with van der Waals surface area (Å²) in [6, 6.07) is 46.0. The Kier molecular flexibility index (Phi) is 5.22. The van der Waals surface area contributed by atoms with Crippen LogP contribution in [0.1, 0.15) is 29.0 Å². The summed E-state index contributed by atoms with van der Waals surface area (Å²) in [5.74, 6) is 0.933. The van der Waals surface area contributed by atoms with Crippen LogP contribution in [0.15, 0.2) is 132 Å². The van der Waals surface area contributed by atoms with Gasteiger partial charge in [0, 0.05) is 36.9 Å². The summed E-state index contributed by atoms with van der Waals surface area (Å²) in [6.07, 6.45) is -0.0181. The molecule has 1 aliphatic heterocycles. The first-order valence-corrected chi connectivity index (χ1v) is 14.2. The topological polar surface area (TPSA) is 41.0 Å². The van der Waals surface area contributed by atoms with Gasteiger partial charge in [0.05, 0.1) is 0 Å². The molecule has 0 bridgehead atoms. The fourth-order valence-electron chi connectivity index (χ4n) is 5.80. The summed E-state index contributed by atoms with van der Waals surface area (Å²) >= 11 is 1.87. The van der Waals surface area contributed by atoms with Crippen LogP contribution in [0.5, 0.6) is 0 Å². The monoisotopic (exact) mass is 520 g/mol. The van der Waals surface area contributed by atoms with Crippen LogP contribution in [0.4, 0.5) is 0 Å². The van der Waals surface area contributed by atoms with Crippen molar-refractivity contribution in [3.63, 3.8) is 0 Å². The van der Waals surface area contributed by atoms with Gasteiger partial charge in [0.1, 0.15) is 5.84 Å². The zero-order valence-electron chi connectivity index (χ0n) is 21.2. The van der Waals surface area contributed by atoms with Gasteiger partial charge in [0.2, 0.25) is 6.17 Å². The van der Waals surface area contributed by atoms with E-state index in [4.69, 9.17) is 4.99 Å². The highest BCUT2D eigenvalue weighted by molar-refractivity contribution is 7.25. The number of aliphatic imine (C=N–C) groups is 1. The number of nitrogens with zero attached hydrogens (tertiary/aromatic N) is 1. The highest BCUT2D eigenvalue weighted by Gasteiger charge is 2.29. The van der Waals surface area contributed by atoms with Crippen molar-refractivity contribution >= 4 is 58.9 Å². The molecule has 1 aromatic heterocycles. The molecule has 1 aliphatic rings. The maximum atomic E-state index is 5.26. The van der Waals surface area contributed by atoms with E-state index >= 15 is 0 Å². The number of hydrogen-bond acceptors (Lipinski definition) is 3. The maximum Gasteiger partial charge on any atom is 0.209 e. The molecule has 0 saturated heterocycles. The zero-order chi connectivity index (χ0) is 25.8. The highest BCUT2D eigenvalue weighted by atomic mass is 32.1. The molecule has 0 radical (unpaired) electrons. The number of quaternary nitrogens is 1. The van der Waals surface area contributed by atoms with Crippen molar-refractivity contribution in [3.05, 3.63) is 144 Å². The largest absolute Gasteiger partial charge is 0.317 e. The molecular weight excluding hydrogens is 494 g/mol. The molecule has 4 heteroatoms. The van der Waals surface area contributed by atoms with Gasteiger partial charge < -0.3 is 5.32 Å². The zero-order valence-corrected chi connectivity index (χ0v) is 22.0. The molecule has 2 unspecified atom stereocenters. The summed E-state index contributed by atoms with van der Waals surface area (Å²) in [7, 11) is 0. The molecule has 186 valence electrons. The molecule has 39 heavy (non-hydrogen) atoms. The van der Waals surface area contributed by atoms with Crippen molar-refractivity contribution in [2.24, 2.45) is 4.99 Å². The van der Waals surface area contributed by atoms with Crippen LogP contribution in [0, 0.1) is 0 Å². The Morgan fingerprint density at radius 2 is 1.23 bits per heavy atom. The number of rotatable bonds is 3. The molecule has 0 fully saturated rings. The predicted octanol–water partition coefficient (Wildman–Crippen LogP) is 7.67. The van der Waals surface area contributed by atoms with E-state index in [2.05, 4.69) is 138 Å². The normalized spacial score (nSPS) is 17.5. The van der Waals surface area contributed by atoms with Gasteiger partial charge in [0.25, 0.3) is 0 Å². The third kappa shape index (κ3) is 3.97. The number of amidine groups is 1. The minimum Gasteiger partial charge on any atom is -0.317 e. The number of benzene rings is 6. The SMILES string of the molecule is c1ccc2cc(C3=NC(c4ccc5ccccc5c4)[NH2+]C(c4ccc5c(c4)sc4ccccc45)N3)ccc2c1. The Hall–Kier alpha value is -4.51. The van der Waals surface area contributed by atoms with E-state index in [-0.39, 0.29) is 12.3 Å². The molecule has 6 aromatic carbocycles. The summed E-state index contributed by atoms with van der Waals surface area (Å²) in [6.45, 7) is 0. The van der Waals surface area contributed by atoms with E-state index in [9.17, 15) is 0 Å². The summed E-state index contributed by atoms with van der Waals surface area (Å²) in [4.78, 5) is 5.26. The first-order valence-electron chi connectivity index (χ1n) is 13.4. The third-order valence-corrected chi connectivity index (χ3v) is 8.97. The molecule has 0 aliphatic carbocycles. The lowest BCUT2D eigenvalue weighted by Gasteiger charge is -2.29. The van der Waals surface area contributed by atoms with Crippen molar-refractivity contribution in [1.29, 1.82) is 0 Å². The van der Waals surface area contributed by atoms with Crippen LogP contribution >= 0.6 is 11.3 Å². The second-order valence-electron chi connectivity index (χ2n) is 10.3. The van der Waals surface area contributed by atoms with E-state index in [0.717, 1.165) is 11.4 Å². The molecule has 0 amide bonds. The van der Waals surface area contributed by atoms with Gasteiger partial charge in [-0.25, -0.2) is 4.99 Å². The van der Waals surface area contributed by atoms with Crippen molar-refractivity contribution < 1.29 is 5.32 Å². The Morgan fingerprint density at radius 1 is 0.564 bits per heavy atom. The Balaban J connectivity index is 1.24. The van der Waals surface area contributed by atoms with Crippen LogP contribution in [0.25, 0.3) is 41.7 Å². The molecule has 3 N–H and O–H groups in total. The summed E-state index contributed by atoms with van der Waals surface area (Å²) < 4.78 is 2.65. The van der Waals surface area contributed by atoms with E-state index < -0.39 is 0 Å². The van der Waals surface area contributed by atoms with Crippen molar-refractivity contribution in [1.82, 2.24) is 5.32 Å². The van der Waals surface area contributed by atoms with E-state index in [1.807, 2.05) is 11.3 Å². The van der Waals surface area contributed by atoms with E-state index in [0.29, 0.717) is 0 Å². The van der Waals surface area contributed by atoms with Gasteiger partial charge in [-0.05, 0) is 45.8 Å². The minimum absolute atomic E-state index is 0.0371. The summed E-state index contributed by atoms with van der Waals surface area (Å²) in [5, 5.41) is 13.7. The van der Waals surface area contributed by atoms with Crippen LogP contribution in [-0.2, 0) is 0 Å². The van der Waals surface area contributed by atoms with Gasteiger partial charge in [0.15, 0.2) is 6.17 Å². The van der Waals surface area contributed by atoms with Crippen molar-refractivity contribution in [2.45, 2.75) is 12.3 Å². The lowest BCUT2D eigenvalue weighted by molar-refractivity contribution is -0.739. The molecule has 0 saturated carbocycles. The van der Waals surface area contributed by atoms with Gasteiger partial charge >= 0.3 is 0 Å². The molecule has 0 spiro atoms. The fraction of sp³-hybridized carbons (Fsp3) is 0.0571. The maximum absolute atomic E-state index is 5.26. The Morgan fingerprint density at radius 3 is 2.08 bits per heavy atom. The average Bonchev–Trinajstić information content (AvgIpc) is 3.38. The quantitative estimate of drug-likeness (QED) is 0.247. The first-order chi connectivity index (χ1) is 19.3. The number of nitrogens with one attached hydrogen (secondary N) is 1. The number of fused-ring (bicyclic) bond motifs is 5. The Labute approximate surface area is 230 Å². The lowest BCUT2D eigenvalue weighted by atomic mass is 10.0. The van der Waals surface area contributed by atoms with Crippen LogP contribution in [0.3, 0.4) is 0 Å². The molecule has 3 nitrogen and oxygen atoms in total. The second-order valence-corrected chi connectivity index (χ2v) is 11.3. The van der Waals surface area contributed by atoms with Crippen molar-refractivity contribution in [2.75, 3.05) is 0 Å². The number of thiophene rings is 1. The van der Waals surface area contributed by atoms with E-state index in [1.54, 1.807) is 0 Å². The predicted molar refractivity (Wildman–Crippen MR) is 164 cm³/mol. The van der Waals surface area contributed by atoms with Crippen LogP contribution < -0.4 is 10.6 Å². The first kappa shape index (κ1) is 22.5. The van der Waals surface area contributed by atoms with Crippen molar-refractivity contribution in [3.8, 4) is 0 Å². The second kappa shape index (κ2) is 9.05.